The molecule has 0 aromatic carbocycles. The van der Waals surface area contributed by atoms with Crippen LogP contribution in [0.25, 0.3) is 0 Å². The van der Waals surface area contributed by atoms with Crippen LogP contribution in [0.15, 0.2) is 16.8 Å². The molecule has 1 N–H and O–H groups in total. The fraction of sp³-hybridized carbons (Fsp3) is 0.727. The van der Waals surface area contributed by atoms with Gasteiger partial charge in [-0.2, -0.15) is 0 Å². The van der Waals surface area contributed by atoms with Crippen molar-refractivity contribution in [2.24, 2.45) is 4.99 Å². The van der Waals surface area contributed by atoms with Gasteiger partial charge in [-0.1, -0.05) is 23.2 Å². The standard InChI is InChI=1S/C11H15Cl2F2N3OS/c1-20-11(10(14)15)16-7(9(12)13)6-8(17-11)18-2-4-19-5-3-18/h6,9-10,16H,2-5H2,1H3. The number of nitrogens with one attached hydrogen (secondary N) is 1. The largest absolute Gasteiger partial charge is 0.378 e. The molecule has 1 saturated heterocycles. The Balaban J connectivity index is 2.33. The van der Waals surface area contributed by atoms with Gasteiger partial charge < -0.3 is 15.0 Å². The Morgan fingerprint density at radius 3 is 2.60 bits per heavy atom. The van der Waals surface area contributed by atoms with Crippen LogP contribution in [-0.4, -0.2) is 59.6 Å². The van der Waals surface area contributed by atoms with E-state index in [0.717, 1.165) is 11.8 Å². The Morgan fingerprint density at radius 2 is 2.10 bits per heavy atom. The Morgan fingerprint density at radius 1 is 1.45 bits per heavy atom. The van der Waals surface area contributed by atoms with Crippen LogP contribution in [0.3, 0.4) is 0 Å². The minimum Gasteiger partial charge on any atom is -0.378 e. The minimum absolute atomic E-state index is 0.333. The number of nitrogens with zero attached hydrogens (tertiary/aromatic N) is 2. The average Bonchev–Trinajstić information content (AvgIpc) is 2.47. The summed E-state index contributed by atoms with van der Waals surface area (Å²) < 4.78 is 32.1. The number of amidine groups is 1. The molecule has 1 fully saturated rings. The molecule has 114 valence electrons. The molecular formula is C11H15Cl2F2N3OS. The van der Waals surface area contributed by atoms with Crippen LogP contribution in [0.5, 0.6) is 0 Å². The normalized spacial score (nSPS) is 27.4. The molecule has 9 heteroatoms. The molecule has 0 amide bonds. The van der Waals surface area contributed by atoms with Crippen molar-refractivity contribution in [3.8, 4) is 0 Å². The molecule has 4 nitrogen and oxygen atoms in total. The molecule has 0 saturated carbocycles. The third kappa shape index (κ3) is 3.32. The molecule has 1 atom stereocenters. The molecule has 0 bridgehead atoms. The maximum atomic E-state index is 13.4. The first-order valence-electron chi connectivity index (χ1n) is 6.02. The van der Waals surface area contributed by atoms with Gasteiger partial charge in [0.05, 0.1) is 18.9 Å². The fourth-order valence-corrected chi connectivity index (χ4v) is 2.79. The van der Waals surface area contributed by atoms with Gasteiger partial charge in [-0.15, -0.1) is 11.8 Å². The highest BCUT2D eigenvalue weighted by Crippen LogP contribution is 2.34. The first-order chi connectivity index (χ1) is 9.48. The van der Waals surface area contributed by atoms with Crippen LogP contribution in [0.1, 0.15) is 0 Å². The number of allylic oxidation sites excluding steroid dienone is 1. The van der Waals surface area contributed by atoms with Gasteiger partial charge in [-0.05, 0) is 6.26 Å². The van der Waals surface area contributed by atoms with Gasteiger partial charge in [0.25, 0.3) is 6.43 Å². The molecule has 0 aromatic heterocycles. The summed E-state index contributed by atoms with van der Waals surface area (Å²) in [6, 6.07) is 0. The van der Waals surface area contributed by atoms with E-state index in [-0.39, 0.29) is 0 Å². The van der Waals surface area contributed by atoms with Crippen molar-refractivity contribution >= 4 is 40.8 Å². The van der Waals surface area contributed by atoms with Crippen molar-refractivity contribution in [1.82, 2.24) is 10.2 Å². The summed E-state index contributed by atoms with van der Waals surface area (Å²) in [4.78, 5) is 3.42. The van der Waals surface area contributed by atoms with E-state index in [1.54, 1.807) is 12.3 Å². The lowest BCUT2D eigenvalue weighted by molar-refractivity contribution is 0.0650. The lowest BCUT2D eigenvalue weighted by Crippen LogP contribution is -2.53. The van der Waals surface area contributed by atoms with Crippen molar-refractivity contribution in [3.05, 3.63) is 11.8 Å². The maximum Gasteiger partial charge on any atom is 0.291 e. The monoisotopic (exact) mass is 345 g/mol. The number of aliphatic imine (C=N–C) groups is 1. The quantitative estimate of drug-likeness (QED) is 0.796. The maximum absolute atomic E-state index is 13.4. The van der Waals surface area contributed by atoms with Crippen molar-refractivity contribution in [1.29, 1.82) is 0 Å². The third-order valence-electron chi connectivity index (χ3n) is 3.07. The summed E-state index contributed by atoms with van der Waals surface area (Å²) in [6.07, 6.45) is 0.497. The van der Waals surface area contributed by atoms with Crippen molar-refractivity contribution in [2.75, 3.05) is 32.6 Å². The zero-order chi connectivity index (χ0) is 14.8. The first kappa shape index (κ1) is 16.1. The van der Waals surface area contributed by atoms with Gasteiger partial charge in [0.1, 0.15) is 10.7 Å². The highest BCUT2D eigenvalue weighted by molar-refractivity contribution is 8.00. The average molecular weight is 346 g/mol. The van der Waals surface area contributed by atoms with Crippen LogP contribution in [0.2, 0.25) is 0 Å². The van der Waals surface area contributed by atoms with E-state index in [0.29, 0.717) is 37.8 Å². The Labute approximate surface area is 130 Å². The summed E-state index contributed by atoms with van der Waals surface area (Å²) >= 11 is 12.6. The lowest BCUT2D eigenvalue weighted by atomic mass is 10.2. The Hall–Kier alpha value is -0.240. The number of thioether (sulfide) groups is 1. The first-order valence-corrected chi connectivity index (χ1v) is 8.12. The highest BCUT2D eigenvalue weighted by Gasteiger charge is 2.43. The zero-order valence-electron chi connectivity index (χ0n) is 10.8. The zero-order valence-corrected chi connectivity index (χ0v) is 13.1. The van der Waals surface area contributed by atoms with Gasteiger partial charge in [-0.3, -0.25) is 0 Å². The Bertz CT molecular complexity index is 416. The van der Waals surface area contributed by atoms with Crippen molar-refractivity contribution < 1.29 is 13.5 Å². The van der Waals surface area contributed by atoms with E-state index in [1.807, 2.05) is 4.90 Å². The highest BCUT2D eigenvalue weighted by atomic mass is 35.5. The van der Waals surface area contributed by atoms with Gasteiger partial charge >= 0.3 is 0 Å². The molecule has 0 spiro atoms. The van der Waals surface area contributed by atoms with E-state index in [2.05, 4.69) is 10.3 Å². The van der Waals surface area contributed by atoms with E-state index in [1.165, 1.54) is 0 Å². The number of alkyl halides is 4. The predicted octanol–water partition coefficient (Wildman–Crippen LogP) is 2.29. The summed E-state index contributed by atoms with van der Waals surface area (Å²) in [7, 11) is 0. The fourth-order valence-electron chi connectivity index (χ4n) is 1.97. The molecule has 0 aliphatic carbocycles. The molecule has 1 unspecified atom stereocenters. The smallest absolute Gasteiger partial charge is 0.291 e. The SMILES string of the molecule is CSC1(C(F)F)N=C(N2CCOCC2)C=C(C(Cl)Cl)N1. The number of hydrogen-bond donors (Lipinski definition) is 1. The second-order valence-electron chi connectivity index (χ2n) is 4.30. The molecule has 0 aromatic rings. The molecule has 2 heterocycles. The molecular weight excluding hydrogens is 331 g/mol. The van der Waals surface area contributed by atoms with E-state index in [4.69, 9.17) is 27.9 Å². The van der Waals surface area contributed by atoms with Crippen LogP contribution in [0.4, 0.5) is 8.78 Å². The van der Waals surface area contributed by atoms with Crippen molar-refractivity contribution in [2.45, 2.75) is 16.3 Å². The summed E-state index contributed by atoms with van der Waals surface area (Å²) in [5.74, 6) is 0.461. The summed E-state index contributed by atoms with van der Waals surface area (Å²) in [6.45, 7) is 2.29. The van der Waals surface area contributed by atoms with Crippen LogP contribution in [-0.2, 0) is 4.74 Å². The molecule has 0 radical (unpaired) electrons. The molecule has 2 rings (SSSR count). The summed E-state index contributed by atoms with van der Waals surface area (Å²) in [5, 5.41) is 2.65. The number of morpholine rings is 1. The van der Waals surface area contributed by atoms with Gasteiger partial charge in [-0.25, -0.2) is 13.8 Å². The number of ether oxygens (including phenoxy) is 1. The second kappa shape index (κ2) is 6.68. The van der Waals surface area contributed by atoms with E-state index >= 15 is 0 Å². The predicted molar refractivity (Wildman–Crippen MR) is 78.8 cm³/mol. The topological polar surface area (TPSA) is 36.9 Å². The minimum atomic E-state index is -2.69. The third-order valence-corrected chi connectivity index (χ3v) is 4.53. The lowest BCUT2D eigenvalue weighted by Gasteiger charge is -2.38. The van der Waals surface area contributed by atoms with Gasteiger partial charge in [0, 0.05) is 19.2 Å². The molecule has 20 heavy (non-hydrogen) atoms. The van der Waals surface area contributed by atoms with Crippen LogP contribution >= 0.6 is 35.0 Å². The Kier molecular flexibility index (Phi) is 5.39. The van der Waals surface area contributed by atoms with Crippen LogP contribution in [0, 0.1) is 0 Å². The second-order valence-corrected chi connectivity index (χ2v) is 6.42. The number of hydrogen-bond acceptors (Lipinski definition) is 5. The summed E-state index contributed by atoms with van der Waals surface area (Å²) in [5.41, 5.74) is 0.333. The van der Waals surface area contributed by atoms with Crippen molar-refractivity contribution in [3.63, 3.8) is 0 Å². The number of rotatable bonds is 3. The number of halogens is 4. The van der Waals surface area contributed by atoms with E-state index in [9.17, 15) is 8.78 Å². The molecule has 2 aliphatic rings. The van der Waals surface area contributed by atoms with Gasteiger partial charge in [0.2, 0.25) is 4.99 Å². The van der Waals surface area contributed by atoms with E-state index < -0.39 is 16.3 Å². The molecule has 2 aliphatic heterocycles. The van der Waals surface area contributed by atoms with Gasteiger partial charge in [0.15, 0.2) is 0 Å². The van der Waals surface area contributed by atoms with Crippen LogP contribution < -0.4 is 5.32 Å².